The highest BCUT2D eigenvalue weighted by Crippen LogP contribution is 2.36. The summed E-state index contributed by atoms with van der Waals surface area (Å²) in [5.41, 5.74) is 2.86. The first kappa shape index (κ1) is 20.7. The van der Waals surface area contributed by atoms with Crippen molar-refractivity contribution in [3.05, 3.63) is 62.8 Å². The van der Waals surface area contributed by atoms with Crippen molar-refractivity contribution in [3.8, 4) is 0 Å². The van der Waals surface area contributed by atoms with Crippen LogP contribution in [0.1, 0.15) is 58.2 Å². The van der Waals surface area contributed by atoms with Gasteiger partial charge in [-0.1, -0.05) is 41.6 Å². The molecule has 0 aliphatic heterocycles. The van der Waals surface area contributed by atoms with Crippen LogP contribution in [0, 0.1) is 13.8 Å². The van der Waals surface area contributed by atoms with Gasteiger partial charge in [0.15, 0.2) is 11.7 Å². The van der Waals surface area contributed by atoms with Crippen molar-refractivity contribution in [2.24, 2.45) is 0 Å². The SMILES string of the molecule is Cc1cccc(C)c1N(C(=O)c1csnn1)C(C(=O)NC1CCCC1)c1cccs1. The number of carbonyl (C=O) groups excluding carboxylic acids is 2. The normalized spacial score (nSPS) is 15.1. The second kappa shape index (κ2) is 9.06. The lowest BCUT2D eigenvalue weighted by Crippen LogP contribution is -2.46. The van der Waals surface area contributed by atoms with E-state index >= 15 is 0 Å². The Morgan fingerprint density at radius 1 is 1.13 bits per heavy atom. The standard InChI is InChI=1S/C22H24N4O2S2/c1-14-7-5-8-15(2)19(14)26(22(28)17-13-30-25-24-17)20(18-11-6-12-29-18)21(27)23-16-9-3-4-10-16/h5-8,11-13,16,20H,3-4,9-10H2,1-2H3,(H,23,27). The van der Waals surface area contributed by atoms with Gasteiger partial charge in [0.25, 0.3) is 5.91 Å². The third kappa shape index (κ3) is 4.15. The topological polar surface area (TPSA) is 75.2 Å². The summed E-state index contributed by atoms with van der Waals surface area (Å²) in [4.78, 5) is 29.7. The molecule has 8 heteroatoms. The van der Waals surface area contributed by atoms with E-state index in [9.17, 15) is 9.59 Å². The molecule has 0 radical (unpaired) electrons. The molecule has 1 N–H and O–H groups in total. The van der Waals surface area contributed by atoms with Crippen LogP contribution in [-0.2, 0) is 4.79 Å². The Balaban J connectivity index is 1.82. The smallest absolute Gasteiger partial charge is 0.280 e. The first-order valence-corrected chi connectivity index (χ1v) is 11.8. The number of rotatable bonds is 6. The van der Waals surface area contributed by atoms with Crippen LogP contribution in [0.15, 0.2) is 41.1 Å². The average molecular weight is 441 g/mol. The van der Waals surface area contributed by atoms with Crippen molar-refractivity contribution in [1.82, 2.24) is 14.9 Å². The van der Waals surface area contributed by atoms with E-state index in [1.165, 1.54) is 11.3 Å². The maximum atomic E-state index is 13.6. The number of nitrogens with one attached hydrogen (secondary N) is 1. The van der Waals surface area contributed by atoms with Crippen LogP contribution in [-0.4, -0.2) is 27.4 Å². The van der Waals surface area contributed by atoms with E-state index in [-0.39, 0.29) is 23.6 Å². The van der Waals surface area contributed by atoms with Crippen LogP contribution in [0.25, 0.3) is 0 Å². The number of aryl methyl sites for hydroxylation is 2. The highest BCUT2D eigenvalue weighted by Gasteiger charge is 2.37. The molecule has 156 valence electrons. The van der Waals surface area contributed by atoms with E-state index < -0.39 is 6.04 Å². The highest BCUT2D eigenvalue weighted by atomic mass is 32.1. The number of hydrogen-bond acceptors (Lipinski definition) is 6. The first-order valence-electron chi connectivity index (χ1n) is 10.1. The van der Waals surface area contributed by atoms with Gasteiger partial charge in [-0.3, -0.25) is 14.5 Å². The van der Waals surface area contributed by atoms with Crippen molar-refractivity contribution in [2.45, 2.75) is 51.6 Å². The average Bonchev–Trinajstić information content (AvgIpc) is 3.49. The predicted octanol–water partition coefficient (Wildman–Crippen LogP) is 4.66. The van der Waals surface area contributed by atoms with Crippen LogP contribution in [0.2, 0.25) is 0 Å². The number of nitrogens with zero attached hydrogens (tertiary/aromatic N) is 3. The number of thiophene rings is 1. The Labute approximate surface area is 184 Å². The zero-order valence-corrected chi connectivity index (χ0v) is 18.6. The van der Waals surface area contributed by atoms with Crippen LogP contribution in [0.3, 0.4) is 0 Å². The van der Waals surface area contributed by atoms with Crippen molar-refractivity contribution >= 4 is 40.4 Å². The van der Waals surface area contributed by atoms with Gasteiger partial charge < -0.3 is 5.32 Å². The van der Waals surface area contributed by atoms with Gasteiger partial charge in [-0.05, 0) is 60.8 Å². The molecule has 2 amide bonds. The molecule has 1 aromatic carbocycles. The summed E-state index contributed by atoms with van der Waals surface area (Å²) in [6, 6.07) is 9.10. The summed E-state index contributed by atoms with van der Waals surface area (Å²) in [5.74, 6) is -0.468. The fourth-order valence-electron chi connectivity index (χ4n) is 4.09. The molecule has 4 rings (SSSR count). The zero-order valence-electron chi connectivity index (χ0n) is 17.0. The van der Waals surface area contributed by atoms with E-state index in [1.807, 2.05) is 49.6 Å². The third-order valence-corrected chi connectivity index (χ3v) is 6.93. The van der Waals surface area contributed by atoms with Gasteiger partial charge in [0.2, 0.25) is 5.91 Å². The molecule has 1 unspecified atom stereocenters. The summed E-state index contributed by atoms with van der Waals surface area (Å²) >= 11 is 2.60. The number of carbonyl (C=O) groups is 2. The van der Waals surface area contributed by atoms with E-state index in [4.69, 9.17) is 0 Å². The summed E-state index contributed by atoms with van der Waals surface area (Å²) in [7, 11) is 0. The second-order valence-electron chi connectivity index (χ2n) is 7.61. The van der Waals surface area contributed by atoms with E-state index in [2.05, 4.69) is 14.9 Å². The molecule has 1 aliphatic rings. The second-order valence-corrected chi connectivity index (χ2v) is 9.20. The Bertz CT molecular complexity index is 992. The van der Waals surface area contributed by atoms with Crippen LogP contribution in [0.5, 0.6) is 0 Å². The zero-order chi connectivity index (χ0) is 21.1. The Morgan fingerprint density at radius 2 is 1.87 bits per heavy atom. The van der Waals surface area contributed by atoms with Crippen LogP contribution >= 0.6 is 22.9 Å². The van der Waals surface area contributed by atoms with E-state index in [0.29, 0.717) is 0 Å². The lowest BCUT2D eigenvalue weighted by molar-refractivity contribution is -0.123. The summed E-state index contributed by atoms with van der Waals surface area (Å²) in [5, 5.41) is 10.8. The summed E-state index contributed by atoms with van der Waals surface area (Å²) < 4.78 is 3.86. The van der Waals surface area contributed by atoms with Gasteiger partial charge in [0.1, 0.15) is 0 Å². The van der Waals surface area contributed by atoms with Gasteiger partial charge in [-0.25, -0.2) is 0 Å². The van der Waals surface area contributed by atoms with Crippen molar-refractivity contribution in [2.75, 3.05) is 4.90 Å². The van der Waals surface area contributed by atoms with Crippen molar-refractivity contribution in [1.29, 1.82) is 0 Å². The number of hydrogen-bond donors (Lipinski definition) is 1. The molecule has 0 bridgehead atoms. The lowest BCUT2D eigenvalue weighted by atomic mass is 10.0. The Kier molecular flexibility index (Phi) is 6.24. The van der Waals surface area contributed by atoms with Crippen LogP contribution in [0.4, 0.5) is 5.69 Å². The quantitative estimate of drug-likeness (QED) is 0.605. The molecule has 30 heavy (non-hydrogen) atoms. The minimum atomic E-state index is -0.764. The van der Waals surface area contributed by atoms with E-state index in [1.54, 1.807) is 10.3 Å². The summed E-state index contributed by atoms with van der Waals surface area (Å²) in [6.07, 6.45) is 4.21. The summed E-state index contributed by atoms with van der Waals surface area (Å²) in [6.45, 7) is 3.92. The molecule has 0 spiro atoms. The fraction of sp³-hybridized carbons (Fsp3) is 0.364. The third-order valence-electron chi connectivity index (χ3n) is 5.50. The van der Waals surface area contributed by atoms with Crippen molar-refractivity contribution < 1.29 is 9.59 Å². The molecule has 1 fully saturated rings. The Morgan fingerprint density at radius 3 is 2.47 bits per heavy atom. The minimum absolute atomic E-state index is 0.149. The fourth-order valence-corrected chi connectivity index (χ4v) is 5.33. The van der Waals surface area contributed by atoms with Gasteiger partial charge in [-0.2, -0.15) is 0 Å². The Hall–Kier alpha value is -2.58. The number of para-hydroxylation sites is 1. The molecule has 2 aromatic heterocycles. The molecule has 1 saturated carbocycles. The first-order chi connectivity index (χ1) is 14.6. The molecule has 1 atom stereocenters. The maximum Gasteiger partial charge on any atom is 0.280 e. The predicted molar refractivity (Wildman–Crippen MR) is 120 cm³/mol. The molecule has 1 aliphatic carbocycles. The number of anilines is 1. The number of benzene rings is 1. The lowest BCUT2D eigenvalue weighted by Gasteiger charge is -2.33. The largest absolute Gasteiger partial charge is 0.351 e. The van der Waals surface area contributed by atoms with Crippen LogP contribution < -0.4 is 10.2 Å². The number of amides is 2. The van der Waals surface area contributed by atoms with Gasteiger partial charge in [-0.15, -0.1) is 16.4 Å². The van der Waals surface area contributed by atoms with Gasteiger partial charge >= 0.3 is 0 Å². The molecule has 2 heterocycles. The van der Waals surface area contributed by atoms with Gasteiger partial charge in [0, 0.05) is 16.3 Å². The van der Waals surface area contributed by atoms with Gasteiger partial charge in [0.05, 0.1) is 5.69 Å². The van der Waals surface area contributed by atoms with E-state index in [0.717, 1.165) is 58.9 Å². The molecular formula is C22H24N4O2S2. The highest BCUT2D eigenvalue weighted by molar-refractivity contribution is 7.10. The minimum Gasteiger partial charge on any atom is -0.351 e. The molecule has 0 saturated heterocycles. The number of aromatic nitrogens is 2. The maximum absolute atomic E-state index is 13.6. The van der Waals surface area contributed by atoms with Crippen molar-refractivity contribution in [3.63, 3.8) is 0 Å². The molecule has 6 nitrogen and oxygen atoms in total. The molecule has 3 aromatic rings. The molecular weight excluding hydrogens is 416 g/mol. The monoisotopic (exact) mass is 440 g/mol.